The van der Waals surface area contributed by atoms with Crippen molar-refractivity contribution in [1.82, 2.24) is 9.97 Å². The van der Waals surface area contributed by atoms with Gasteiger partial charge in [-0.2, -0.15) is 0 Å². The molecule has 2 heterocycles. The van der Waals surface area contributed by atoms with E-state index in [0.29, 0.717) is 0 Å². The maximum atomic E-state index is 5.95. The third-order valence-corrected chi connectivity index (χ3v) is 3.65. The summed E-state index contributed by atoms with van der Waals surface area (Å²) in [6, 6.07) is 7.82. The number of aromatic nitrogens is 2. The second-order valence-corrected chi connectivity index (χ2v) is 4.71. The fourth-order valence-corrected chi connectivity index (χ4v) is 2.82. The SMILES string of the molecule is Clc1ccc2c(-c3ccncn3)scc2c1. The maximum absolute atomic E-state index is 5.95. The third-order valence-electron chi connectivity index (χ3n) is 2.38. The average molecular weight is 247 g/mol. The minimum absolute atomic E-state index is 0.763. The fraction of sp³-hybridized carbons (Fsp3) is 0. The first-order chi connectivity index (χ1) is 7.84. The Balaban J connectivity index is 2.26. The van der Waals surface area contributed by atoms with E-state index >= 15 is 0 Å². The van der Waals surface area contributed by atoms with Crippen LogP contribution in [0.3, 0.4) is 0 Å². The van der Waals surface area contributed by atoms with Crippen molar-refractivity contribution in [1.29, 1.82) is 0 Å². The van der Waals surface area contributed by atoms with Gasteiger partial charge in [0.2, 0.25) is 0 Å². The highest BCUT2D eigenvalue weighted by Gasteiger charge is 2.07. The molecule has 0 saturated carbocycles. The molecule has 0 aliphatic rings. The van der Waals surface area contributed by atoms with Crippen molar-refractivity contribution >= 4 is 33.7 Å². The van der Waals surface area contributed by atoms with Gasteiger partial charge in [0.15, 0.2) is 0 Å². The van der Waals surface area contributed by atoms with Gasteiger partial charge in [0.25, 0.3) is 0 Å². The van der Waals surface area contributed by atoms with E-state index in [9.17, 15) is 0 Å². The van der Waals surface area contributed by atoms with E-state index < -0.39 is 0 Å². The molecule has 0 fully saturated rings. The van der Waals surface area contributed by atoms with E-state index in [1.807, 2.05) is 24.3 Å². The van der Waals surface area contributed by atoms with Crippen LogP contribution in [-0.4, -0.2) is 9.97 Å². The van der Waals surface area contributed by atoms with E-state index in [4.69, 9.17) is 11.6 Å². The number of nitrogens with zero attached hydrogens (tertiary/aromatic N) is 2. The van der Waals surface area contributed by atoms with Gasteiger partial charge in [-0.25, -0.2) is 9.97 Å². The number of rotatable bonds is 1. The van der Waals surface area contributed by atoms with Gasteiger partial charge in [-0.1, -0.05) is 17.7 Å². The summed E-state index contributed by atoms with van der Waals surface area (Å²) in [5.74, 6) is 0. The van der Waals surface area contributed by atoms with Crippen molar-refractivity contribution in [3.05, 3.63) is 47.2 Å². The van der Waals surface area contributed by atoms with Gasteiger partial charge < -0.3 is 0 Å². The average Bonchev–Trinajstić information content (AvgIpc) is 2.73. The molecule has 0 amide bonds. The highest BCUT2D eigenvalue weighted by molar-refractivity contribution is 7.15. The first kappa shape index (κ1) is 9.75. The molecule has 16 heavy (non-hydrogen) atoms. The number of thiophene rings is 1. The van der Waals surface area contributed by atoms with Crippen LogP contribution in [-0.2, 0) is 0 Å². The molecule has 3 aromatic rings. The Labute approximate surface area is 102 Å². The highest BCUT2D eigenvalue weighted by atomic mass is 35.5. The molecule has 0 bridgehead atoms. The quantitative estimate of drug-likeness (QED) is 0.648. The minimum Gasteiger partial charge on any atom is -0.245 e. The van der Waals surface area contributed by atoms with Gasteiger partial charge in [0.1, 0.15) is 6.33 Å². The molecule has 2 nitrogen and oxygen atoms in total. The maximum Gasteiger partial charge on any atom is 0.116 e. The predicted octanol–water partition coefficient (Wildman–Crippen LogP) is 4.01. The van der Waals surface area contributed by atoms with E-state index in [2.05, 4.69) is 15.3 Å². The Morgan fingerprint density at radius 3 is 2.94 bits per heavy atom. The van der Waals surface area contributed by atoms with Crippen LogP contribution in [0.2, 0.25) is 5.02 Å². The lowest BCUT2D eigenvalue weighted by atomic mass is 10.1. The largest absolute Gasteiger partial charge is 0.245 e. The molecule has 0 radical (unpaired) electrons. The number of benzene rings is 1. The van der Waals surface area contributed by atoms with Crippen LogP contribution >= 0.6 is 22.9 Å². The zero-order chi connectivity index (χ0) is 11.0. The van der Waals surface area contributed by atoms with E-state index in [1.165, 1.54) is 5.39 Å². The van der Waals surface area contributed by atoms with Gasteiger partial charge in [-0.15, -0.1) is 11.3 Å². The van der Waals surface area contributed by atoms with Gasteiger partial charge in [0, 0.05) is 16.6 Å². The van der Waals surface area contributed by atoms with Crippen molar-refractivity contribution in [2.75, 3.05) is 0 Å². The van der Waals surface area contributed by atoms with E-state index in [-0.39, 0.29) is 0 Å². The Bertz CT molecular complexity index is 634. The molecule has 0 atom stereocenters. The second kappa shape index (κ2) is 3.85. The zero-order valence-electron chi connectivity index (χ0n) is 8.22. The standard InChI is InChI=1S/C12H7ClN2S/c13-9-1-2-10-8(5-9)6-16-12(10)11-3-4-14-7-15-11/h1-7H. The first-order valence-electron chi connectivity index (χ1n) is 4.78. The molecule has 0 aliphatic heterocycles. The summed E-state index contributed by atoms with van der Waals surface area (Å²) in [5.41, 5.74) is 0.956. The van der Waals surface area contributed by atoms with E-state index in [0.717, 1.165) is 21.0 Å². The summed E-state index contributed by atoms with van der Waals surface area (Å²) in [7, 11) is 0. The molecule has 78 valence electrons. The van der Waals surface area contributed by atoms with Crippen LogP contribution in [0.4, 0.5) is 0 Å². The molecular formula is C12H7ClN2S. The molecule has 3 rings (SSSR count). The number of hydrogen-bond donors (Lipinski definition) is 0. The van der Waals surface area contributed by atoms with Crippen LogP contribution < -0.4 is 0 Å². The van der Waals surface area contributed by atoms with Crippen molar-refractivity contribution in [3.8, 4) is 10.6 Å². The summed E-state index contributed by atoms with van der Waals surface area (Å²) in [4.78, 5) is 9.34. The van der Waals surface area contributed by atoms with Crippen LogP contribution in [0, 0.1) is 0 Å². The fourth-order valence-electron chi connectivity index (χ4n) is 1.65. The molecule has 0 spiro atoms. The minimum atomic E-state index is 0.763. The lowest BCUT2D eigenvalue weighted by Gasteiger charge is -1.97. The van der Waals surface area contributed by atoms with Gasteiger partial charge >= 0.3 is 0 Å². The molecule has 0 N–H and O–H groups in total. The van der Waals surface area contributed by atoms with Crippen LogP contribution in [0.1, 0.15) is 0 Å². The van der Waals surface area contributed by atoms with Crippen LogP contribution in [0.25, 0.3) is 21.3 Å². The molecule has 2 aromatic heterocycles. The zero-order valence-corrected chi connectivity index (χ0v) is 9.79. The van der Waals surface area contributed by atoms with Gasteiger partial charge in [0.05, 0.1) is 10.6 Å². The number of fused-ring (bicyclic) bond motifs is 1. The van der Waals surface area contributed by atoms with Crippen molar-refractivity contribution in [2.45, 2.75) is 0 Å². The molecule has 4 heteroatoms. The Morgan fingerprint density at radius 2 is 2.12 bits per heavy atom. The molecule has 0 aliphatic carbocycles. The van der Waals surface area contributed by atoms with Gasteiger partial charge in [-0.05, 0) is 29.0 Å². The van der Waals surface area contributed by atoms with Gasteiger partial charge in [-0.3, -0.25) is 0 Å². The highest BCUT2D eigenvalue weighted by Crippen LogP contribution is 2.34. The smallest absolute Gasteiger partial charge is 0.116 e. The Hall–Kier alpha value is -1.45. The summed E-state index contributed by atoms with van der Waals surface area (Å²) in [5, 5.41) is 5.21. The summed E-state index contributed by atoms with van der Waals surface area (Å²) < 4.78 is 0. The van der Waals surface area contributed by atoms with E-state index in [1.54, 1.807) is 23.9 Å². The summed E-state index contributed by atoms with van der Waals surface area (Å²) in [6.45, 7) is 0. The monoisotopic (exact) mass is 246 g/mol. The first-order valence-corrected chi connectivity index (χ1v) is 6.03. The van der Waals surface area contributed by atoms with Crippen molar-refractivity contribution in [3.63, 3.8) is 0 Å². The predicted molar refractivity (Wildman–Crippen MR) is 67.9 cm³/mol. The second-order valence-electron chi connectivity index (χ2n) is 3.39. The summed E-state index contributed by atoms with van der Waals surface area (Å²) >= 11 is 7.63. The normalized spacial score (nSPS) is 10.8. The van der Waals surface area contributed by atoms with Crippen LogP contribution in [0.15, 0.2) is 42.2 Å². The lowest BCUT2D eigenvalue weighted by molar-refractivity contribution is 1.18. The lowest BCUT2D eigenvalue weighted by Crippen LogP contribution is -1.80. The van der Waals surface area contributed by atoms with Crippen LogP contribution in [0.5, 0.6) is 0 Å². The van der Waals surface area contributed by atoms with Crippen molar-refractivity contribution < 1.29 is 0 Å². The topological polar surface area (TPSA) is 25.8 Å². The third kappa shape index (κ3) is 1.58. The molecule has 0 saturated heterocycles. The molecule has 1 aromatic carbocycles. The molecule has 0 unspecified atom stereocenters. The summed E-state index contributed by atoms with van der Waals surface area (Å²) in [6.07, 6.45) is 3.32. The Morgan fingerprint density at radius 1 is 1.19 bits per heavy atom. The Kier molecular flexibility index (Phi) is 2.35. The molecular weight excluding hydrogens is 240 g/mol. The number of hydrogen-bond acceptors (Lipinski definition) is 3. The van der Waals surface area contributed by atoms with Crippen molar-refractivity contribution in [2.24, 2.45) is 0 Å². The number of halogens is 1.